The largest absolute Gasteiger partial charge is 0.381 e. The van der Waals surface area contributed by atoms with Crippen LogP contribution in [-0.2, 0) is 4.74 Å². The molecule has 15 heavy (non-hydrogen) atoms. The minimum atomic E-state index is 0.348. The van der Waals surface area contributed by atoms with Gasteiger partial charge < -0.3 is 10.1 Å². The first-order valence-electron chi connectivity index (χ1n) is 5.23. The molecule has 1 fully saturated rings. The van der Waals surface area contributed by atoms with Gasteiger partial charge in [-0.3, -0.25) is 0 Å². The minimum Gasteiger partial charge on any atom is -0.381 e. The van der Waals surface area contributed by atoms with Crippen molar-refractivity contribution in [1.82, 2.24) is 4.98 Å². The summed E-state index contributed by atoms with van der Waals surface area (Å²) in [6.07, 6.45) is 4.42. The summed E-state index contributed by atoms with van der Waals surface area (Å²) in [5.41, 5.74) is 2.00. The Hall–Kier alpha value is -0.800. The van der Waals surface area contributed by atoms with Crippen LogP contribution in [0, 0.1) is 6.92 Å². The lowest BCUT2D eigenvalue weighted by Gasteiger charge is -2.12. The summed E-state index contributed by atoms with van der Waals surface area (Å²) in [7, 11) is 0. The molecule has 3 nitrogen and oxygen atoms in total. The summed E-state index contributed by atoms with van der Waals surface area (Å²) < 4.78 is 5.52. The van der Waals surface area contributed by atoms with Gasteiger partial charge in [0.05, 0.1) is 18.0 Å². The van der Waals surface area contributed by atoms with Crippen LogP contribution in [-0.4, -0.2) is 24.2 Å². The Bertz CT molecular complexity index is 337. The van der Waals surface area contributed by atoms with Gasteiger partial charge in [0.15, 0.2) is 0 Å². The molecule has 0 spiro atoms. The first kappa shape index (κ1) is 10.7. The molecule has 0 aliphatic carbocycles. The number of ether oxygens (including phenoxy) is 1. The van der Waals surface area contributed by atoms with Crippen molar-refractivity contribution < 1.29 is 4.74 Å². The van der Waals surface area contributed by atoms with Gasteiger partial charge in [-0.15, -0.1) is 0 Å². The lowest BCUT2D eigenvalue weighted by molar-refractivity contribution is 0.120. The monoisotopic (exact) mass is 226 g/mol. The number of halogens is 1. The van der Waals surface area contributed by atoms with Gasteiger partial charge in [0, 0.05) is 13.2 Å². The highest BCUT2D eigenvalue weighted by Crippen LogP contribution is 2.17. The molecule has 4 heteroatoms. The van der Waals surface area contributed by atoms with Gasteiger partial charge in [-0.25, -0.2) is 4.98 Å². The first-order valence-corrected chi connectivity index (χ1v) is 5.61. The molecule has 1 aliphatic rings. The highest BCUT2D eigenvalue weighted by molar-refractivity contribution is 6.30. The van der Waals surface area contributed by atoms with Crippen LogP contribution in [0.2, 0.25) is 5.15 Å². The van der Waals surface area contributed by atoms with Gasteiger partial charge in [-0.1, -0.05) is 11.6 Å². The summed E-state index contributed by atoms with van der Waals surface area (Å²) in [6, 6.07) is 2.00. The van der Waals surface area contributed by atoms with Crippen molar-refractivity contribution in [3.8, 4) is 0 Å². The van der Waals surface area contributed by atoms with Gasteiger partial charge in [-0.05, 0) is 31.4 Å². The molecule has 0 aromatic carbocycles. The molecule has 2 heterocycles. The Morgan fingerprint density at radius 1 is 1.67 bits per heavy atom. The van der Waals surface area contributed by atoms with E-state index < -0.39 is 0 Å². The molecular weight excluding hydrogens is 212 g/mol. The summed E-state index contributed by atoms with van der Waals surface area (Å²) in [4.78, 5) is 4.09. The third-order valence-corrected chi connectivity index (χ3v) is 2.97. The van der Waals surface area contributed by atoms with E-state index in [1.807, 2.05) is 13.0 Å². The number of pyridine rings is 1. The zero-order valence-corrected chi connectivity index (χ0v) is 9.55. The average molecular weight is 227 g/mol. The molecule has 2 rings (SSSR count). The standard InChI is InChI=1S/C11H15ClN2O/c1-8-5-9(6-14-11(8)12)13-7-10-3-2-4-15-10/h5-6,10,13H,2-4,7H2,1H3. The average Bonchev–Trinajstić information content (AvgIpc) is 2.73. The highest BCUT2D eigenvalue weighted by Gasteiger charge is 2.14. The van der Waals surface area contributed by atoms with Crippen LogP contribution in [0.25, 0.3) is 0 Å². The molecule has 1 unspecified atom stereocenters. The SMILES string of the molecule is Cc1cc(NCC2CCCO2)cnc1Cl. The number of rotatable bonds is 3. The van der Waals surface area contributed by atoms with E-state index in [-0.39, 0.29) is 0 Å². The molecule has 82 valence electrons. The molecule has 0 saturated carbocycles. The zero-order valence-electron chi connectivity index (χ0n) is 8.79. The van der Waals surface area contributed by atoms with Gasteiger partial charge in [-0.2, -0.15) is 0 Å². The van der Waals surface area contributed by atoms with Gasteiger partial charge in [0.25, 0.3) is 0 Å². The maximum Gasteiger partial charge on any atom is 0.132 e. The van der Waals surface area contributed by atoms with Crippen LogP contribution in [0.5, 0.6) is 0 Å². The summed E-state index contributed by atoms with van der Waals surface area (Å²) in [5, 5.41) is 3.88. The summed E-state index contributed by atoms with van der Waals surface area (Å²) in [6.45, 7) is 3.69. The predicted octanol–water partition coefficient (Wildman–Crippen LogP) is 2.63. The van der Waals surface area contributed by atoms with Crippen LogP contribution in [0.3, 0.4) is 0 Å². The third-order valence-electron chi connectivity index (χ3n) is 2.57. The van der Waals surface area contributed by atoms with Crippen molar-refractivity contribution in [2.24, 2.45) is 0 Å². The quantitative estimate of drug-likeness (QED) is 0.805. The molecule has 1 atom stereocenters. The molecule has 1 aromatic heterocycles. The van der Waals surface area contributed by atoms with Crippen LogP contribution in [0.1, 0.15) is 18.4 Å². The van der Waals surface area contributed by atoms with Crippen molar-refractivity contribution in [3.05, 3.63) is 23.0 Å². The lowest BCUT2D eigenvalue weighted by atomic mass is 10.2. The molecule has 0 radical (unpaired) electrons. The van der Waals surface area contributed by atoms with Crippen LogP contribution in [0.15, 0.2) is 12.3 Å². The second-order valence-corrected chi connectivity index (χ2v) is 4.21. The van der Waals surface area contributed by atoms with Crippen LogP contribution < -0.4 is 5.32 Å². The lowest BCUT2D eigenvalue weighted by Crippen LogP contribution is -2.18. The van der Waals surface area contributed by atoms with Crippen molar-refractivity contribution in [2.75, 3.05) is 18.5 Å². The summed E-state index contributed by atoms with van der Waals surface area (Å²) >= 11 is 5.84. The number of aryl methyl sites for hydroxylation is 1. The number of nitrogens with one attached hydrogen (secondary N) is 1. The molecule has 1 aromatic rings. The second kappa shape index (κ2) is 4.81. The van der Waals surface area contributed by atoms with Gasteiger partial charge in [0.1, 0.15) is 5.15 Å². The van der Waals surface area contributed by atoms with E-state index in [4.69, 9.17) is 16.3 Å². The Morgan fingerprint density at radius 2 is 2.53 bits per heavy atom. The maximum absolute atomic E-state index is 5.84. The Labute approximate surface area is 94.8 Å². The van der Waals surface area contributed by atoms with E-state index in [9.17, 15) is 0 Å². The highest BCUT2D eigenvalue weighted by atomic mass is 35.5. The normalized spacial score (nSPS) is 20.5. The Balaban J connectivity index is 1.90. The van der Waals surface area contributed by atoms with E-state index in [0.717, 1.165) is 30.8 Å². The van der Waals surface area contributed by atoms with Gasteiger partial charge >= 0.3 is 0 Å². The van der Waals surface area contributed by atoms with Crippen molar-refractivity contribution in [2.45, 2.75) is 25.9 Å². The fourth-order valence-electron chi connectivity index (χ4n) is 1.69. The van der Waals surface area contributed by atoms with E-state index in [2.05, 4.69) is 10.3 Å². The van der Waals surface area contributed by atoms with Crippen molar-refractivity contribution in [3.63, 3.8) is 0 Å². The molecular formula is C11H15ClN2O. The topological polar surface area (TPSA) is 34.1 Å². The van der Waals surface area contributed by atoms with Crippen molar-refractivity contribution in [1.29, 1.82) is 0 Å². The number of aromatic nitrogens is 1. The molecule has 1 saturated heterocycles. The fourth-order valence-corrected chi connectivity index (χ4v) is 1.80. The number of anilines is 1. The molecule has 0 bridgehead atoms. The van der Waals surface area contributed by atoms with Crippen molar-refractivity contribution >= 4 is 17.3 Å². The third kappa shape index (κ3) is 2.83. The maximum atomic E-state index is 5.84. The zero-order chi connectivity index (χ0) is 10.7. The molecule has 1 N–H and O–H groups in total. The van der Waals surface area contributed by atoms with Crippen LogP contribution in [0.4, 0.5) is 5.69 Å². The second-order valence-electron chi connectivity index (χ2n) is 3.85. The number of nitrogens with zero attached hydrogens (tertiary/aromatic N) is 1. The molecule has 0 amide bonds. The fraction of sp³-hybridized carbons (Fsp3) is 0.545. The minimum absolute atomic E-state index is 0.348. The summed E-state index contributed by atoms with van der Waals surface area (Å²) in [5.74, 6) is 0. The Kier molecular flexibility index (Phi) is 3.44. The smallest absolute Gasteiger partial charge is 0.132 e. The molecule has 1 aliphatic heterocycles. The van der Waals surface area contributed by atoms with E-state index in [1.165, 1.54) is 6.42 Å². The predicted molar refractivity (Wildman–Crippen MR) is 61.4 cm³/mol. The Morgan fingerprint density at radius 3 is 3.20 bits per heavy atom. The van der Waals surface area contributed by atoms with Crippen LogP contribution >= 0.6 is 11.6 Å². The van der Waals surface area contributed by atoms with E-state index in [1.54, 1.807) is 6.20 Å². The van der Waals surface area contributed by atoms with E-state index in [0.29, 0.717) is 11.3 Å². The van der Waals surface area contributed by atoms with E-state index >= 15 is 0 Å². The number of hydrogen-bond acceptors (Lipinski definition) is 3. The first-order chi connectivity index (χ1) is 7.25. The van der Waals surface area contributed by atoms with Gasteiger partial charge in [0.2, 0.25) is 0 Å². The number of hydrogen-bond donors (Lipinski definition) is 1.